The molecule has 0 bridgehead atoms. The number of hydrogen-bond acceptors (Lipinski definition) is 0. The van der Waals surface area contributed by atoms with Crippen molar-refractivity contribution in [2.45, 2.75) is 32.1 Å². The molecule has 0 aliphatic carbocycles. The van der Waals surface area contributed by atoms with Gasteiger partial charge >= 0.3 is 27.0 Å². The van der Waals surface area contributed by atoms with Gasteiger partial charge in [-0.2, -0.15) is 6.42 Å². The molecule has 0 N–H and O–H groups in total. The van der Waals surface area contributed by atoms with Crippen molar-refractivity contribution in [3.63, 3.8) is 0 Å². The molecule has 1 aromatic rings. The van der Waals surface area contributed by atoms with E-state index in [1.54, 1.807) is 0 Å². The Morgan fingerprint density at radius 2 is 1.67 bits per heavy atom. The molecule has 0 spiro atoms. The van der Waals surface area contributed by atoms with Crippen molar-refractivity contribution in [3.05, 3.63) is 42.6 Å². The molecular weight excluding hydrogens is 264 g/mol. The van der Waals surface area contributed by atoms with E-state index >= 15 is 0 Å². The van der Waals surface area contributed by atoms with E-state index in [2.05, 4.69) is 6.92 Å². The number of hydrogen-bond donors (Lipinski definition) is 0. The van der Waals surface area contributed by atoms with Crippen LogP contribution in [0.4, 0.5) is 4.39 Å². The van der Waals surface area contributed by atoms with Gasteiger partial charge in [0.1, 0.15) is 5.82 Å². The molecule has 3 heteroatoms. The van der Waals surface area contributed by atoms with Crippen molar-refractivity contribution < 1.29 is 21.7 Å². The molecular formula is C12H16ClFZn. The summed E-state index contributed by atoms with van der Waals surface area (Å²) in [7, 11) is 4.76. The molecule has 0 radical (unpaired) electrons. The van der Waals surface area contributed by atoms with Gasteiger partial charge in [-0.25, -0.2) is 4.39 Å². The van der Waals surface area contributed by atoms with Crippen molar-refractivity contribution in [1.29, 1.82) is 0 Å². The molecule has 0 heterocycles. The first-order valence-corrected chi connectivity index (χ1v) is 9.03. The van der Waals surface area contributed by atoms with E-state index < -0.39 is 0 Å². The summed E-state index contributed by atoms with van der Waals surface area (Å²) in [6.45, 7) is 3.79. The van der Waals surface area contributed by atoms with E-state index in [9.17, 15) is 4.39 Å². The van der Waals surface area contributed by atoms with Crippen LogP contribution in [-0.4, -0.2) is 0 Å². The summed E-state index contributed by atoms with van der Waals surface area (Å²) in [5.74, 6) is -0.151. The predicted octanol–water partition coefficient (Wildman–Crippen LogP) is 4.45. The third-order valence-electron chi connectivity index (χ3n) is 2.13. The predicted molar refractivity (Wildman–Crippen MR) is 59.8 cm³/mol. The molecule has 0 aliphatic heterocycles. The molecule has 0 fully saturated rings. The SMILES string of the molecule is [CH2-]CCCCCc1ccc(F)cc1.[Cl][Zn+]. The molecule has 0 atom stereocenters. The summed E-state index contributed by atoms with van der Waals surface area (Å²) in [6.07, 6.45) is 5.67. The maximum atomic E-state index is 12.5. The number of unbranched alkanes of at least 4 members (excludes halogenated alkanes) is 3. The molecule has 0 amide bonds. The van der Waals surface area contributed by atoms with E-state index in [1.165, 1.54) is 37.0 Å². The number of rotatable bonds is 5. The van der Waals surface area contributed by atoms with E-state index in [0.29, 0.717) is 0 Å². The van der Waals surface area contributed by atoms with Crippen molar-refractivity contribution in [2.75, 3.05) is 0 Å². The summed E-state index contributed by atoms with van der Waals surface area (Å²) in [5.41, 5.74) is 1.23. The molecule has 0 aromatic heterocycles. The number of aryl methyl sites for hydroxylation is 1. The molecule has 0 aliphatic rings. The van der Waals surface area contributed by atoms with Gasteiger partial charge in [0.05, 0.1) is 0 Å². The third kappa shape index (κ3) is 7.93. The fourth-order valence-corrected chi connectivity index (χ4v) is 1.33. The van der Waals surface area contributed by atoms with Crippen LogP contribution in [0.25, 0.3) is 0 Å². The molecule has 0 saturated carbocycles. The zero-order chi connectivity index (χ0) is 11.5. The minimum atomic E-state index is -0.151. The molecule has 80 valence electrons. The van der Waals surface area contributed by atoms with E-state index in [-0.39, 0.29) is 5.82 Å². The Labute approximate surface area is 106 Å². The topological polar surface area (TPSA) is 0 Å². The van der Waals surface area contributed by atoms with Gasteiger partial charge in [0.25, 0.3) is 0 Å². The minimum absolute atomic E-state index is 0.151. The van der Waals surface area contributed by atoms with Crippen LogP contribution in [0.1, 0.15) is 31.2 Å². The van der Waals surface area contributed by atoms with Crippen LogP contribution in [0, 0.1) is 12.7 Å². The van der Waals surface area contributed by atoms with Gasteiger partial charge in [-0.05, 0) is 30.5 Å². The van der Waals surface area contributed by atoms with Crippen molar-refractivity contribution in [3.8, 4) is 0 Å². The Morgan fingerprint density at radius 3 is 2.20 bits per heavy atom. The van der Waals surface area contributed by atoms with Crippen LogP contribution in [0.2, 0.25) is 0 Å². The second-order valence-corrected chi connectivity index (χ2v) is 3.29. The van der Waals surface area contributed by atoms with Crippen LogP contribution in [0.5, 0.6) is 0 Å². The summed E-state index contributed by atoms with van der Waals surface area (Å²) < 4.78 is 12.5. The van der Waals surface area contributed by atoms with Crippen LogP contribution < -0.4 is 0 Å². The zero-order valence-corrected chi connectivity index (χ0v) is 12.7. The quantitative estimate of drug-likeness (QED) is 0.424. The average molecular weight is 280 g/mol. The zero-order valence-electron chi connectivity index (χ0n) is 9.02. The van der Waals surface area contributed by atoms with Crippen LogP contribution in [0.3, 0.4) is 0 Å². The standard InChI is InChI=1S/C12H16F.ClH.Zn/c1-2-3-4-5-6-11-7-9-12(13)10-8-11;;/h7-10H,1-6H2;1H;/q-1;;+2/p-1. The van der Waals surface area contributed by atoms with Crippen molar-refractivity contribution in [1.82, 2.24) is 0 Å². The number of halogens is 2. The van der Waals surface area contributed by atoms with Gasteiger partial charge in [-0.15, -0.1) is 0 Å². The fraction of sp³-hybridized carbons (Fsp3) is 0.417. The Balaban J connectivity index is 0.000000921. The normalized spacial score (nSPS) is 9.40. The average Bonchev–Trinajstić information content (AvgIpc) is 2.30. The van der Waals surface area contributed by atoms with Gasteiger partial charge in [0.15, 0.2) is 0 Å². The monoisotopic (exact) mass is 278 g/mol. The van der Waals surface area contributed by atoms with Gasteiger partial charge in [-0.1, -0.05) is 25.0 Å². The molecule has 1 rings (SSSR count). The van der Waals surface area contributed by atoms with Crippen LogP contribution >= 0.6 is 9.69 Å². The molecule has 15 heavy (non-hydrogen) atoms. The third-order valence-corrected chi connectivity index (χ3v) is 2.13. The molecule has 0 nitrogen and oxygen atoms in total. The van der Waals surface area contributed by atoms with Crippen LogP contribution in [-0.2, 0) is 23.7 Å². The Kier molecular flexibility index (Phi) is 10.6. The Hall–Kier alpha value is 0.0634. The summed E-state index contributed by atoms with van der Waals surface area (Å²) in [4.78, 5) is 0. The summed E-state index contributed by atoms with van der Waals surface area (Å²) in [5, 5.41) is 0. The second kappa shape index (κ2) is 10.6. The summed E-state index contributed by atoms with van der Waals surface area (Å²) in [6, 6.07) is 6.77. The van der Waals surface area contributed by atoms with Gasteiger partial charge in [0, 0.05) is 0 Å². The van der Waals surface area contributed by atoms with Gasteiger partial charge in [0.2, 0.25) is 0 Å². The van der Waals surface area contributed by atoms with E-state index in [1.807, 2.05) is 12.1 Å². The van der Waals surface area contributed by atoms with E-state index in [0.717, 1.165) is 30.2 Å². The van der Waals surface area contributed by atoms with Crippen molar-refractivity contribution >= 4 is 9.69 Å². The first-order valence-electron chi connectivity index (χ1n) is 5.13. The van der Waals surface area contributed by atoms with Gasteiger partial charge < -0.3 is 6.92 Å². The Morgan fingerprint density at radius 1 is 1.07 bits per heavy atom. The maximum absolute atomic E-state index is 12.5. The molecule has 0 saturated heterocycles. The number of benzene rings is 1. The Bertz CT molecular complexity index is 236. The first kappa shape index (κ1) is 15.1. The summed E-state index contributed by atoms with van der Waals surface area (Å²) >= 11 is 0.847. The molecule has 1 aromatic carbocycles. The second-order valence-electron chi connectivity index (χ2n) is 3.29. The van der Waals surface area contributed by atoms with Gasteiger partial charge in [-0.3, -0.25) is 0 Å². The fourth-order valence-electron chi connectivity index (χ4n) is 1.33. The van der Waals surface area contributed by atoms with Crippen molar-refractivity contribution in [2.24, 2.45) is 0 Å². The molecule has 0 unspecified atom stereocenters. The van der Waals surface area contributed by atoms with Crippen LogP contribution in [0.15, 0.2) is 24.3 Å². The van der Waals surface area contributed by atoms with E-state index in [4.69, 9.17) is 9.69 Å². The first-order chi connectivity index (χ1) is 7.33.